The number of aromatic nitrogens is 1. The second-order valence-electron chi connectivity index (χ2n) is 15.0. The Labute approximate surface area is 320 Å². The summed E-state index contributed by atoms with van der Waals surface area (Å²) in [6, 6.07) is 14.8. The first-order chi connectivity index (χ1) is 26.2. The molecule has 11 heteroatoms. The van der Waals surface area contributed by atoms with Gasteiger partial charge in [-0.3, -0.25) is 20.4 Å². The molecule has 9 rings (SSSR count). The Hall–Kier alpha value is -4.13. The standard InChI is InChI=1S/C20H24N2O2.C19H24N2O3.C2H6N2.C2H6/c1-3-13-8-14-9-16(20(23)24-2)19-17(12-22(10-13)11-14)15-6-4-5-7-18(15)21-19;1-20-14-10-11(24-2)5-6-13(14)19-7-9-21-8-3-4-12(17(19)21)15(22)16(23)18(19)20;1-2-4-3;1-2/h4-8,14,16,21H,3,9-12H2,1-2H3;3-6,10,12,15-18,22-23H,7-9H2,1-2H3;2,4H,1,3H2;1-2H3. The van der Waals surface area contributed by atoms with E-state index in [0.29, 0.717) is 5.92 Å². The van der Waals surface area contributed by atoms with Gasteiger partial charge >= 0.3 is 5.97 Å². The van der Waals surface area contributed by atoms with E-state index in [0.717, 1.165) is 74.6 Å². The minimum absolute atomic E-state index is 0.00560. The van der Waals surface area contributed by atoms with Gasteiger partial charge in [0.1, 0.15) is 11.9 Å². The number of hydrazine groups is 1. The van der Waals surface area contributed by atoms with Gasteiger partial charge in [0.25, 0.3) is 0 Å². The number of aliphatic hydroxyl groups is 2. The molecule has 11 nitrogen and oxygen atoms in total. The highest BCUT2D eigenvalue weighted by Gasteiger charge is 2.67. The van der Waals surface area contributed by atoms with Gasteiger partial charge in [-0.15, -0.1) is 0 Å². The Balaban J connectivity index is 0.000000161. The number of aromatic amines is 1. The highest BCUT2D eigenvalue weighted by atomic mass is 16.5. The number of ether oxygens (including phenoxy) is 2. The van der Waals surface area contributed by atoms with Gasteiger partial charge in [-0.2, -0.15) is 0 Å². The maximum atomic E-state index is 12.5. The maximum Gasteiger partial charge on any atom is 0.314 e. The van der Waals surface area contributed by atoms with E-state index in [2.05, 4.69) is 93.0 Å². The summed E-state index contributed by atoms with van der Waals surface area (Å²) < 4.78 is 10.5. The summed E-state index contributed by atoms with van der Waals surface area (Å²) in [5, 5.41) is 23.0. The van der Waals surface area contributed by atoms with E-state index in [1.807, 2.05) is 33.0 Å². The zero-order valence-corrected chi connectivity index (χ0v) is 32.8. The summed E-state index contributed by atoms with van der Waals surface area (Å²) in [5.74, 6) is 5.56. The molecule has 1 saturated carbocycles. The first-order valence-corrected chi connectivity index (χ1v) is 19.5. The smallest absolute Gasteiger partial charge is 0.314 e. The average Bonchev–Trinajstić information content (AvgIpc) is 3.86. The van der Waals surface area contributed by atoms with E-state index in [-0.39, 0.29) is 35.3 Å². The number of anilines is 1. The third-order valence-electron chi connectivity index (χ3n) is 12.5. The Morgan fingerprint density at radius 1 is 1.13 bits per heavy atom. The molecule has 0 amide bonds. The van der Waals surface area contributed by atoms with Crippen LogP contribution >= 0.6 is 0 Å². The Morgan fingerprint density at radius 3 is 2.59 bits per heavy atom. The van der Waals surface area contributed by atoms with Crippen LogP contribution in [0.5, 0.6) is 5.75 Å². The molecule has 2 aromatic carbocycles. The van der Waals surface area contributed by atoms with Crippen LogP contribution in [0, 0.1) is 11.8 Å². The molecule has 5 aliphatic heterocycles. The van der Waals surface area contributed by atoms with Gasteiger partial charge in [0, 0.05) is 85.2 Å². The average molecular weight is 741 g/mol. The van der Waals surface area contributed by atoms with E-state index in [4.69, 9.17) is 9.47 Å². The molecular weight excluding hydrogens is 681 g/mol. The van der Waals surface area contributed by atoms with Crippen LogP contribution in [0.4, 0.5) is 5.69 Å². The van der Waals surface area contributed by atoms with E-state index in [9.17, 15) is 15.0 Å². The Kier molecular flexibility index (Phi) is 12.2. The molecule has 2 bridgehead atoms. The Morgan fingerprint density at radius 2 is 1.89 bits per heavy atom. The number of H-pyrrole nitrogens is 1. The number of rotatable bonds is 4. The number of nitrogens with one attached hydrogen (secondary N) is 2. The first-order valence-electron chi connectivity index (χ1n) is 19.5. The molecule has 1 spiro atoms. The van der Waals surface area contributed by atoms with Crippen LogP contribution < -0.4 is 20.9 Å². The molecule has 1 saturated heterocycles. The van der Waals surface area contributed by atoms with Crippen molar-refractivity contribution in [2.45, 2.75) is 82.2 Å². The van der Waals surface area contributed by atoms with E-state index in [1.54, 1.807) is 7.11 Å². The van der Waals surface area contributed by atoms with Crippen molar-refractivity contribution in [2.75, 3.05) is 52.3 Å². The second kappa shape index (κ2) is 16.7. The summed E-state index contributed by atoms with van der Waals surface area (Å²) in [6.07, 6.45) is 9.50. The lowest BCUT2D eigenvalue weighted by atomic mass is 9.58. The van der Waals surface area contributed by atoms with Crippen molar-refractivity contribution in [3.63, 3.8) is 0 Å². The number of esters is 1. The van der Waals surface area contributed by atoms with Crippen molar-refractivity contribution in [1.82, 2.24) is 20.2 Å². The van der Waals surface area contributed by atoms with Crippen molar-refractivity contribution in [3.8, 4) is 5.75 Å². The highest BCUT2D eigenvalue weighted by Crippen LogP contribution is 2.60. The lowest BCUT2D eigenvalue weighted by Crippen LogP contribution is -2.69. The molecule has 6 aliphatic rings. The molecule has 1 aliphatic carbocycles. The third kappa shape index (κ3) is 6.74. The van der Waals surface area contributed by atoms with Crippen molar-refractivity contribution >= 4 is 22.6 Å². The zero-order chi connectivity index (χ0) is 38.7. The van der Waals surface area contributed by atoms with Gasteiger partial charge in [-0.05, 0) is 55.0 Å². The zero-order valence-electron chi connectivity index (χ0n) is 32.8. The summed E-state index contributed by atoms with van der Waals surface area (Å²) in [4.78, 5) is 23.2. The molecule has 2 fully saturated rings. The number of methoxy groups -OCH3 is 2. The van der Waals surface area contributed by atoms with Crippen LogP contribution in [0.1, 0.15) is 62.8 Å². The van der Waals surface area contributed by atoms with Gasteiger partial charge in [0.05, 0.1) is 32.3 Å². The van der Waals surface area contributed by atoms with E-state index in [1.165, 1.54) is 35.4 Å². The number of carbonyl (C=O) groups is 1. The number of fused-ring (bicyclic) bond motifs is 6. The van der Waals surface area contributed by atoms with Crippen molar-refractivity contribution in [1.29, 1.82) is 0 Å². The largest absolute Gasteiger partial charge is 0.497 e. The van der Waals surface area contributed by atoms with Gasteiger partial charge in [0.2, 0.25) is 0 Å². The highest BCUT2D eigenvalue weighted by molar-refractivity contribution is 5.88. The molecule has 9 unspecified atom stereocenters. The SMILES string of the molecule is C=CNN.CC.CCC1=CC2CC(C(=O)OC)c3[nH]c4ccccc4c3CN(C1)C2.COc1ccc2c(c1)N(C)C1C(O)C(O)C3C=CCN4CCC21C34. The number of aliphatic hydroxyl groups excluding tert-OH is 2. The van der Waals surface area contributed by atoms with Crippen LogP contribution in [-0.4, -0.2) is 103 Å². The minimum atomic E-state index is -0.752. The quantitative estimate of drug-likeness (QED) is 0.108. The molecular formula is C43H60N6O5. The fraction of sp³-hybridized carbons (Fsp3) is 0.512. The fourth-order valence-corrected chi connectivity index (χ4v) is 10.3. The molecule has 6 N–H and O–H groups in total. The van der Waals surface area contributed by atoms with Crippen LogP contribution in [-0.2, 0) is 21.5 Å². The molecule has 6 heterocycles. The number of hydrogen-bond acceptors (Lipinski definition) is 10. The molecule has 0 radical (unpaired) electrons. The van der Waals surface area contributed by atoms with Crippen LogP contribution in [0.15, 0.2) is 79.0 Å². The van der Waals surface area contributed by atoms with Crippen molar-refractivity contribution in [3.05, 3.63) is 95.9 Å². The normalized spacial score (nSPS) is 31.1. The summed E-state index contributed by atoms with van der Waals surface area (Å²) >= 11 is 0. The molecule has 9 atom stereocenters. The number of nitrogens with zero attached hydrogens (tertiary/aromatic N) is 3. The van der Waals surface area contributed by atoms with Gasteiger partial charge in [-0.25, -0.2) is 0 Å². The lowest BCUT2D eigenvalue weighted by molar-refractivity contribution is -0.143. The minimum Gasteiger partial charge on any atom is -0.497 e. The van der Waals surface area contributed by atoms with Gasteiger partial charge in [0.15, 0.2) is 0 Å². The van der Waals surface area contributed by atoms with Gasteiger partial charge < -0.3 is 35.0 Å². The maximum absolute atomic E-state index is 12.5. The van der Waals surface area contributed by atoms with Gasteiger partial charge in [-0.1, -0.05) is 75.4 Å². The molecule has 292 valence electrons. The fourth-order valence-electron chi connectivity index (χ4n) is 10.3. The number of para-hydroxylation sites is 1. The van der Waals surface area contributed by atoms with Crippen LogP contribution in [0.2, 0.25) is 0 Å². The number of carbonyl (C=O) groups excluding carboxylic acids is 1. The van der Waals surface area contributed by atoms with Crippen LogP contribution in [0.3, 0.4) is 0 Å². The van der Waals surface area contributed by atoms with Crippen molar-refractivity contribution < 1.29 is 24.5 Å². The van der Waals surface area contributed by atoms with Crippen LogP contribution in [0.25, 0.3) is 10.9 Å². The third-order valence-corrected chi connectivity index (χ3v) is 12.5. The topological polar surface area (TPSA) is 140 Å². The lowest BCUT2D eigenvalue weighted by Gasteiger charge is -2.54. The summed E-state index contributed by atoms with van der Waals surface area (Å²) in [7, 11) is 5.21. The number of likely N-dealkylation sites (N-methyl/N-ethyl adjacent to an activating group) is 1. The van der Waals surface area contributed by atoms with E-state index >= 15 is 0 Å². The monoisotopic (exact) mass is 740 g/mol. The number of hydrogen-bond donors (Lipinski definition) is 5. The number of benzene rings is 2. The molecule has 3 aromatic rings. The molecule has 1 aromatic heterocycles. The first kappa shape index (κ1) is 39.6. The Bertz CT molecular complexity index is 1860. The predicted octanol–water partition coefficient (Wildman–Crippen LogP) is 4.96. The van der Waals surface area contributed by atoms with E-state index < -0.39 is 12.2 Å². The molecule has 54 heavy (non-hydrogen) atoms. The predicted molar refractivity (Wildman–Crippen MR) is 215 cm³/mol. The van der Waals surface area contributed by atoms with Crippen molar-refractivity contribution in [2.24, 2.45) is 17.7 Å². The summed E-state index contributed by atoms with van der Waals surface area (Å²) in [5.41, 5.74) is 9.40. The second-order valence-corrected chi connectivity index (χ2v) is 15.0. The number of nitrogens with two attached hydrogens (primary N) is 1. The summed E-state index contributed by atoms with van der Waals surface area (Å²) in [6.45, 7) is 14.4.